The van der Waals surface area contributed by atoms with E-state index in [1.54, 1.807) is 0 Å². The van der Waals surface area contributed by atoms with Gasteiger partial charge in [-0.05, 0) is 48.5 Å². The summed E-state index contributed by atoms with van der Waals surface area (Å²) in [4.78, 5) is 9.50. The Balaban J connectivity index is 1.58. The summed E-state index contributed by atoms with van der Waals surface area (Å²) in [6, 6.07) is 25.1. The molecule has 0 N–H and O–H groups in total. The molecule has 0 unspecified atom stereocenters. The maximum atomic E-state index is 9.59. The van der Waals surface area contributed by atoms with Gasteiger partial charge in [0.15, 0.2) is 0 Å². The fourth-order valence-electron chi connectivity index (χ4n) is 4.32. The highest BCUT2D eigenvalue weighted by Crippen LogP contribution is 2.32. The van der Waals surface area contributed by atoms with Crippen LogP contribution in [0.25, 0.3) is 27.8 Å². The van der Waals surface area contributed by atoms with Gasteiger partial charge in [-0.1, -0.05) is 36.4 Å². The summed E-state index contributed by atoms with van der Waals surface area (Å²) in [6.07, 6.45) is 1.85. The number of nitriles is 1. The van der Waals surface area contributed by atoms with Crippen LogP contribution < -0.4 is 0 Å². The number of rotatable bonds is 4. The Morgan fingerprint density at radius 1 is 0.935 bits per heavy atom. The first-order chi connectivity index (χ1) is 15.2. The van der Waals surface area contributed by atoms with Gasteiger partial charge >= 0.3 is 0 Å². The topological polar surface area (TPSA) is 48.1 Å². The van der Waals surface area contributed by atoms with Gasteiger partial charge in [0.2, 0.25) is 0 Å². The lowest BCUT2D eigenvalue weighted by molar-refractivity contribution is 0.148. The van der Waals surface area contributed by atoms with Gasteiger partial charge in [-0.25, -0.2) is 4.98 Å². The molecule has 2 heterocycles. The summed E-state index contributed by atoms with van der Waals surface area (Å²) in [5, 5.41) is 9.59. The van der Waals surface area contributed by atoms with Crippen LogP contribution in [0.15, 0.2) is 73.1 Å². The van der Waals surface area contributed by atoms with Crippen molar-refractivity contribution in [3.63, 3.8) is 0 Å². The maximum Gasteiger partial charge on any atom is 0.100 e. The minimum atomic E-state index is 0.630. The quantitative estimate of drug-likeness (QED) is 0.506. The molecule has 1 aromatic heterocycles. The van der Waals surface area contributed by atoms with Crippen molar-refractivity contribution in [2.24, 2.45) is 0 Å². The Kier molecular flexibility index (Phi) is 5.25. The van der Waals surface area contributed by atoms with E-state index in [-0.39, 0.29) is 0 Å². The van der Waals surface area contributed by atoms with Crippen LogP contribution in [0.3, 0.4) is 0 Å². The average molecular weight is 408 g/mol. The maximum absolute atomic E-state index is 9.59. The number of aromatic nitrogens is 2. The third-order valence-corrected chi connectivity index (χ3v) is 6.05. The van der Waals surface area contributed by atoms with Crippen molar-refractivity contribution >= 4 is 11.0 Å². The van der Waals surface area contributed by atoms with E-state index in [4.69, 9.17) is 0 Å². The molecule has 5 heteroatoms. The summed E-state index contributed by atoms with van der Waals surface area (Å²) >= 11 is 0. The van der Waals surface area contributed by atoms with E-state index in [2.05, 4.69) is 68.9 Å². The summed E-state index contributed by atoms with van der Waals surface area (Å²) in [6.45, 7) is 5.35. The lowest BCUT2D eigenvalue weighted by atomic mass is 9.99. The van der Waals surface area contributed by atoms with Crippen LogP contribution in [0.4, 0.5) is 0 Å². The molecule has 5 rings (SSSR count). The van der Waals surface area contributed by atoms with Crippen molar-refractivity contribution < 1.29 is 0 Å². The minimum absolute atomic E-state index is 0.630. The third kappa shape index (κ3) is 3.96. The van der Waals surface area contributed by atoms with E-state index >= 15 is 0 Å². The number of hydrogen-bond donors (Lipinski definition) is 0. The second kappa shape index (κ2) is 8.35. The first-order valence-corrected chi connectivity index (χ1v) is 10.7. The van der Waals surface area contributed by atoms with Gasteiger partial charge in [0.1, 0.15) is 6.33 Å². The summed E-state index contributed by atoms with van der Waals surface area (Å²) < 4.78 is 2.11. The second-order valence-corrected chi connectivity index (χ2v) is 8.23. The molecule has 0 aliphatic carbocycles. The van der Waals surface area contributed by atoms with Gasteiger partial charge in [0.25, 0.3) is 0 Å². The van der Waals surface area contributed by atoms with Gasteiger partial charge in [-0.2, -0.15) is 5.26 Å². The van der Waals surface area contributed by atoms with Crippen molar-refractivity contribution in [2.75, 3.05) is 33.2 Å². The van der Waals surface area contributed by atoms with Crippen LogP contribution in [0, 0.1) is 11.3 Å². The van der Waals surface area contributed by atoms with Crippen molar-refractivity contribution in [2.45, 2.75) is 6.54 Å². The van der Waals surface area contributed by atoms with Crippen LogP contribution >= 0.6 is 0 Å². The first kappa shape index (κ1) is 19.5. The van der Waals surface area contributed by atoms with Crippen molar-refractivity contribution in [1.29, 1.82) is 5.26 Å². The van der Waals surface area contributed by atoms with E-state index in [1.165, 1.54) is 5.56 Å². The number of benzene rings is 3. The number of nitrogens with zero attached hydrogens (tertiary/aromatic N) is 5. The Bertz CT molecular complexity index is 1240. The van der Waals surface area contributed by atoms with Crippen LogP contribution in [0.5, 0.6) is 0 Å². The largest absolute Gasteiger partial charge is 0.304 e. The van der Waals surface area contributed by atoms with Crippen LogP contribution in [0.2, 0.25) is 0 Å². The molecule has 1 fully saturated rings. The zero-order chi connectivity index (χ0) is 21.2. The number of likely N-dealkylation sites (N-methyl/N-ethyl adjacent to an activating group) is 1. The number of piperazine rings is 1. The van der Waals surface area contributed by atoms with E-state index in [9.17, 15) is 5.26 Å². The highest BCUT2D eigenvalue weighted by atomic mass is 15.2. The van der Waals surface area contributed by atoms with Crippen molar-refractivity contribution in [1.82, 2.24) is 19.4 Å². The highest BCUT2D eigenvalue weighted by molar-refractivity contribution is 5.94. The Morgan fingerprint density at radius 2 is 1.74 bits per heavy atom. The predicted octanol–water partition coefficient (Wildman–Crippen LogP) is 4.31. The molecular formula is C26H25N5. The number of hydrogen-bond acceptors (Lipinski definition) is 4. The SMILES string of the molecule is CN1CCN(Cc2cccc(-c3cc(C#N)cc4ncn(-c5ccccc5)c34)c2)CC1. The molecule has 3 aromatic carbocycles. The van der Waals surface area contributed by atoms with Crippen LogP contribution in [-0.2, 0) is 6.54 Å². The normalized spacial score (nSPS) is 15.2. The van der Waals surface area contributed by atoms with E-state index in [0.717, 1.165) is 60.6 Å². The molecule has 0 radical (unpaired) electrons. The predicted molar refractivity (Wildman–Crippen MR) is 124 cm³/mol. The van der Waals surface area contributed by atoms with Gasteiger partial charge in [0, 0.05) is 44.0 Å². The molecule has 5 nitrogen and oxygen atoms in total. The third-order valence-electron chi connectivity index (χ3n) is 6.05. The molecule has 1 aliphatic rings. The molecule has 1 aliphatic heterocycles. The lowest BCUT2D eigenvalue weighted by Gasteiger charge is -2.32. The van der Waals surface area contributed by atoms with Crippen molar-refractivity contribution in [3.05, 3.63) is 84.2 Å². The van der Waals surface area contributed by atoms with Crippen LogP contribution in [-0.4, -0.2) is 52.6 Å². The zero-order valence-electron chi connectivity index (χ0n) is 17.7. The Labute approximate surface area is 182 Å². The molecule has 154 valence electrons. The molecule has 0 bridgehead atoms. The molecule has 0 spiro atoms. The fraction of sp³-hybridized carbons (Fsp3) is 0.231. The molecule has 4 aromatic rings. The molecular weight excluding hydrogens is 382 g/mol. The highest BCUT2D eigenvalue weighted by Gasteiger charge is 2.16. The summed E-state index contributed by atoms with van der Waals surface area (Å²) in [7, 11) is 2.18. The summed E-state index contributed by atoms with van der Waals surface area (Å²) in [5.41, 5.74) is 7.00. The van der Waals surface area contributed by atoms with Gasteiger partial charge < -0.3 is 4.90 Å². The molecule has 0 amide bonds. The molecule has 1 saturated heterocycles. The van der Waals surface area contributed by atoms with Gasteiger partial charge in [-0.15, -0.1) is 0 Å². The van der Waals surface area contributed by atoms with E-state index < -0.39 is 0 Å². The van der Waals surface area contributed by atoms with E-state index in [0.29, 0.717) is 5.56 Å². The second-order valence-electron chi connectivity index (χ2n) is 8.23. The van der Waals surface area contributed by atoms with Gasteiger partial charge in [-0.3, -0.25) is 9.47 Å². The standard InChI is InChI=1S/C26H25N5/c1-29-10-12-30(13-11-29)18-20-6-5-7-22(14-20)24-15-21(17-27)16-25-26(24)31(19-28-25)23-8-3-2-4-9-23/h2-9,14-16,19H,10-13,18H2,1H3. The monoisotopic (exact) mass is 407 g/mol. The fourth-order valence-corrected chi connectivity index (χ4v) is 4.32. The Hall–Kier alpha value is -3.46. The number of para-hydroxylation sites is 1. The van der Waals surface area contributed by atoms with E-state index in [1.807, 2.05) is 36.7 Å². The Morgan fingerprint density at radius 3 is 2.52 bits per heavy atom. The van der Waals surface area contributed by atoms with Crippen LogP contribution in [0.1, 0.15) is 11.1 Å². The van der Waals surface area contributed by atoms with Crippen molar-refractivity contribution in [3.8, 4) is 22.9 Å². The first-order valence-electron chi connectivity index (χ1n) is 10.7. The van der Waals surface area contributed by atoms with Gasteiger partial charge in [0.05, 0.1) is 22.7 Å². The average Bonchev–Trinajstić information content (AvgIpc) is 3.25. The minimum Gasteiger partial charge on any atom is -0.304 e. The zero-order valence-corrected chi connectivity index (χ0v) is 17.7. The molecule has 0 atom stereocenters. The summed E-state index contributed by atoms with van der Waals surface area (Å²) in [5.74, 6) is 0. The molecule has 0 saturated carbocycles. The lowest BCUT2D eigenvalue weighted by Crippen LogP contribution is -2.43. The molecule has 31 heavy (non-hydrogen) atoms. The smallest absolute Gasteiger partial charge is 0.100 e. The number of fused-ring (bicyclic) bond motifs is 1. The number of imidazole rings is 1.